The minimum absolute atomic E-state index is 0.00181. The van der Waals surface area contributed by atoms with Gasteiger partial charge in [-0.2, -0.15) is 0 Å². The lowest BCUT2D eigenvalue weighted by Gasteiger charge is -2.27. The van der Waals surface area contributed by atoms with Crippen LogP contribution in [0.3, 0.4) is 0 Å². The van der Waals surface area contributed by atoms with Gasteiger partial charge in [0.25, 0.3) is 0 Å². The number of carbonyl (C=O) groups excluding carboxylic acids is 4. The Hall–Kier alpha value is -2.58. The second kappa shape index (κ2) is 10.2. The summed E-state index contributed by atoms with van der Waals surface area (Å²) in [6.07, 6.45) is 0.451. The Morgan fingerprint density at radius 2 is 1.78 bits per heavy atom. The van der Waals surface area contributed by atoms with E-state index >= 15 is 0 Å². The first-order valence-corrected chi connectivity index (χ1v) is 7.10. The van der Waals surface area contributed by atoms with Crippen LogP contribution in [-0.4, -0.2) is 68.3 Å². The molecule has 0 aromatic heterocycles. The third-order valence-electron chi connectivity index (χ3n) is 3.17. The van der Waals surface area contributed by atoms with Crippen molar-refractivity contribution in [2.45, 2.75) is 25.9 Å². The van der Waals surface area contributed by atoms with E-state index in [2.05, 4.69) is 27.8 Å². The smallest absolute Gasteiger partial charge is 0.242 e. The Kier molecular flexibility index (Phi) is 9.05. The van der Waals surface area contributed by atoms with Crippen LogP contribution in [-0.2, 0) is 19.2 Å². The molecule has 2 atom stereocenters. The molecule has 0 spiro atoms. The molecule has 9 nitrogen and oxygen atoms in total. The van der Waals surface area contributed by atoms with E-state index in [0.717, 1.165) is 0 Å². The van der Waals surface area contributed by atoms with Crippen LogP contribution in [0, 0.1) is 0 Å². The lowest BCUT2D eigenvalue weighted by atomic mass is 10.2. The number of rotatable bonds is 10. The van der Waals surface area contributed by atoms with E-state index in [1.165, 1.54) is 7.05 Å². The summed E-state index contributed by atoms with van der Waals surface area (Å²) in [6.45, 7) is 7.00. The molecule has 0 saturated heterocycles. The summed E-state index contributed by atoms with van der Waals surface area (Å²) in [4.78, 5) is 46.4. The van der Waals surface area contributed by atoms with Gasteiger partial charge in [0.05, 0.1) is 19.1 Å². The third kappa shape index (κ3) is 7.84. The number of nitrogens with one attached hydrogen (secondary N) is 4. The number of likely N-dealkylation sites (N-methyl/N-ethyl adjacent to an activating group) is 2. The first-order valence-electron chi connectivity index (χ1n) is 7.10. The SMILES string of the molecule is C=C([C@H](C)NC(=O)C(C)NC=O)N(C)CC(=O)NCC(=O)NC. The average molecular weight is 327 g/mol. The van der Waals surface area contributed by atoms with E-state index in [0.29, 0.717) is 12.1 Å². The molecule has 0 aliphatic heterocycles. The largest absolute Gasteiger partial charge is 0.367 e. The summed E-state index contributed by atoms with van der Waals surface area (Å²) in [7, 11) is 3.13. The van der Waals surface area contributed by atoms with Crippen molar-refractivity contribution in [3.8, 4) is 0 Å². The Morgan fingerprint density at radius 3 is 2.30 bits per heavy atom. The Morgan fingerprint density at radius 1 is 1.17 bits per heavy atom. The molecule has 4 amide bonds. The van der Waals surface area contributed by atoms with E-state index in [-0.39, 0.29) is 30.8 Å². The third-order valence-corrected chi connectivity index (χ3v) is 3.17. The second-order valence-corrected chi connectivity index (χ2v) is 5.03. The molecule has 0 aromatic rings. The van der Waals surface area contributed by atoms with Crippen LogP contribution in [0.1, 0.15) is 13.8 Å². The summed E-state index contributed by atoms with van der Waals surface area (Å²) in [6, 6.07) is -1.08. The fourth-order valence-corrected chi connectivity index (χ4v) is 1.57. The normalized spacial score (nSPS) is 12.3. The van der Waals surface area contributed by atoms with Gasteiger partial charge in [-0.05, 0) is 13.8 Å². The van der Waals surface area contributed by atoms with Gasteiger partial charge in [0.1, 0.15) is 6.04 Å². The molecule has 0 rings (SSSR count). The van der Waals surface area contributed by atoms with Crippen LogP contribution in [0.4, 0.5) is 0 Å². The minimum Gasteiger partial charge on any atom is -0.367 e. The molecular formula is C14H25N5O4. The van der Waals surface area contributed by atoms with E-state index in [4.69, 9.17) is 0 Å². The van der Waals surface area contributed by atoms with Crippen molar-refractivity contribution in [3.05, 3.63) is 12.3 Å². The van der Waals surface area contributed by atoms with E-state index in [1.807, 2.05) is 0 Å². The molecule has 9 heteroatoms. The van der Waals surface area contributed by atoms with Gasteiger partial charge >= 0.3 is 0 Å². The number of nitrogens with zero attached hydrogens (tertiary/aromatic N) is 1. The average Bonchev–Trinajstić information content (AvgIpc) is 2.51. The summed E-state index contributed by atoms with van der Waals surface area (Å²) < 4.78 is 0. The standard InChI is InChI=1S/C14H25N5O4/c1-9(18-14(23)10(2)17-8-20)11(3)19(5)7-13(22)16-6-12(21)15-4/h8-10H,3,6-7H2,1-2,4-5H3,(H,15,21)(H,16,22)(H,17,20)(H,18,23)/t9-,10?/m0/s1. The second-order valence-electron chi connectivity index (χ2n) is 5.03. The maximum absolute atomic E-state index is 11.8. The van der Waals surface area contributed by atoms with Gasteiger partial charge in [0.2, 0.25) is 24.1 Å². The molecule has 0 aliphatic carbocycles. The molecule has 0 aliphatic rings. The molecule has 130 valence electrons. The maximum atomic E-state index is 11.8. The topological polar surface area (TPSA) is 120 Å². The fraction of sp³-hybridized carbons (Fsp3) is 0.571. The monoisotopic (exact) mass is 327 g/mol. The molecule has 0 bridgehead atoms. The predicted octanol–water partition coefficient (Wildman–Crippen LogP) is -2.07. The van der Waals surface area contributed by atoms with Crippen molar-refractivity contribution in [1.29, 1.82) is 0 Å². The van der Waals surface area contributed by atoms with E-state index in [1.54, 1.807) is 25.8 Å². The van der Waals surface area contributed by atoms with Crippen LogP contribution in [0.25, 0.3) is 0 Å². The highest BCUT2D eigenvalue weighted by Crippen LogP contribution is 2.04. The lowest BCUT2D eigenvalue weighted by Crippen LogP contribution is -2.48. The van der Waals surface area contributed by atoms with Crippen molar-refractivity contribution in [2.75, 3.05) is 27.2 Å². The van der Waals surface area contributed by atoms with Crippen molar-refractivity contribution in [1.82, 2.24) is 26.2 Å². The minimum atomic E-state index is -0.663. The van der Waals surface area contributed by atoms with Crippen molar-refractivity contribution < 1.29 is 19.2 Å². The molecular weight excluding hydrogens is 302 g/mol. The van der Waals surface area contributed by atoms with Gasteiger partial charge < -0.3 is 26.2 Å². The summed E-state index contributed by atoms with van der Waals surface area (Å²) in [5.74, 6) is -0.993. The Labute approximate surface area is 135 Å². The maximum Gasteiger partial charge on any atom is 0.242 e. The molecule has 4 N–H and O–H groups in total. The van der Waals surface area contributed by atoms with E-state index < -0.39 is 12.1 Å². The highest BCUT2D eigenvalue weighted by Gasteiger charge is 2.19. The highest BCUT2D eigenvalue weighted by molar-refractivity contribution is 5.85. The first-order chi connectivity index (χ1) is 10.7. The van der Waals surface area contributed by atoms with Gasteiger partial charge in [-0.15, -0.1) is 0 Å². The molecule has 0 saturated carbocycles. The number of hydrogen-bond acceptors (Lipinski definition) is 5. The van der Waals surface area contributed by atoms with Crippen LogP contribution < -0.4 is 21.3 Å². The number of carbonyl (C=O) groups is 4. The fourth-order valence-electron chi connectivity index (χ4n) is 1.57. The van der Waals surface area contributed by atoms with Crippen molar-refractivity contribution in [3.63, 3.8) is 0 Å². The summed E-state index contributed by atoms with van der Waals surface area (Å²) in [5, 5.41) is 9.88. The van der Waals surface area contributed by atoms with Crippen LogP contribution in [0.15, 0.2) is 12.3 Å². The molecule has 0 heterocycles. The highest BCUT2D eigenvalue weighted by atomic mass is 16.2. The van der Waals surface area contributed by atoms with Crippen molar-refractivity contribution in [2.24, 2.45) is 0 Å². The van der Waals surface area contributed by atoms with Gasteiger partial charge in [0, 0.05) is 19.8 Å². The van der Waals surface area contributed by atoms with Gasteiger partial charge in [-0.3, -0.25) is 19.2 Å². The number of amides is 4. The number of hydrogen-bond donors (Lipinski definition) is 4. The van der Waals surface area contributed by atoms with Crippen LogP contribution in [0.5, 0.6) is 0 Å². The van der Waals surface area contributed by atoms with Crippen molar-refractivity contribution >= 4 is 24.1 Å². The van der Waals surface area contributed by atoms with Gasteiger partial charge in [0.15, 0.2) is 0 Å². The van der Waals surface area contributed by atoms with Gasteiger partial charge in [-0.25, -0.2) is 0 Å². The lowest BCUT2D eigenvalue weighted by molar-refractivity contribution is -0.126. The van der Waals surface area contributed by atoms with Crippen LogP contribution in [0.2, 0.25) is 0 Å². The molecule has 0 fully saturated rings. The molecule has 0 aromatic carbocycles. The van der Waals surface area contributed by atoms with E-state index in [9.17, 15) is 19.2 Å². The quantitative estimate of drug-likeness (QED) is 0.344. The predicted molar refractivity (Wildman–Crippen MR) is 85.1 cm³/mol. The molecule has 23 heavy (non-hydrogen) atoms. The zero-order valence-corrected chi connectivity index (χ0v) is 13.9. The summed E-state index contributed by atoms with van der Waals surface area (Å²) in [5.41, 5.74) is 0.520. The van der Waals surface area contributed by atoms with Gasteiger partial charge in [-0.1, -0.05) is 6.58 Å². The zero-order chi connectivity index (χ0) is 18.0. The molecule has 0 radical (unpaired) electrons. The summed E-state index contributed by atoms with van der Waals surface area (Å²) >= 11 is 0. The Bertz CT molecular complexity index is 466. The zero-order valence-electron chi connectivity index (χ0n) is 13.9. The molecule has 1 unspecified atom stereocenters. The van der Waals surface area contributed by atoms with Crippen LogP contribution >= 0.6 is 0 Å². The first kappa shape index (κ1) is 20.4. The Balaban J connectivity index is 4.36.